The van der Waals surface area contributed by atoms with E-state index in [0.717, 1.165) is 34.3 Å². The molecule has 5 heteroatoms. The summed E-state index contributed by atoms with van der Waals surface area (Å²) >= 11 is 0. The zero-order chi connectivity index (χ0) is 15.7. The number of hydrogen-bond acceptors (Lipinski definition) is 1. The van der Waals surface area contributed by atoms with Gasteiger partial charge < -0.3 is 9.72 Å². The second-order valence-electron chi connectivity index (χ2n) is 5.14. The lowest BCUT2D eigenvalue weighted by atomic mass is 10.2. The molecule has 0 saturated carbocycles. The SMILES string of the molecule is Cc1cccc2cc(COc3ccc(C(F)(F)F)cc3)[nH]c12. The molecule has 0 aliphatic heterocycles. The highest BCUT2D eigenvalue weighted by Crippen LogP contribution is 2.30. The monoisotopic (exact) mass is 305 g/mol. The van der Waals surface area contributed by atoms with E-state index in [4.69, 9.17) is 4.74 Å². The Morgan fingerprint density at radius 1 is 1.05 bits per heavy atom. The molecule has 0 radical (unpaired) electrons. The summed E-state index contributed by atoms with van der Waals surface area (Å²) in [4.78, 5) is 3.26. The first kappa shape index (κ1) is 14.5. The lowest BCUT2D eigenvalue weighted by molar-refractivity contribution is -0.137. The molecule has 1 aromatic heterocycles. The van der Waals surface area contributed by atoms with Crippen LogP contribution in [0.15, 0.2) is 48.5 Å². The summed E-state index contributed by atoms with van der Waals surface area (Å²) in [6.45, 7) is 2.29. The quantitative estimate of drug-likeness (QED) is 0.717. The predicted molar refractivity (Wildman–Crippen MR) is 78.8 cm³/mol. The van der Waals surface area contributed by atoms with Crippen molar-refractivity contribution >= 4 is 10.9 Å². The van der Waals surface area contributed by atoms with Crippen LogP contribution in [-0.4, -0.2) is 4.98 Å². The van der Waals surface area contributed by atoms with E-state index in [-0.39, 0.29) is 6.61 Å². The second-order valence-corrected chi connectivity index (χ2v) is 5.14. The largest absolute Gasteiger partial charge is 0.487 e. The van der Waals surface area contributed by atoms with Crippen LogP contribution in [0.1, 0.15) is 16.8 Å². The average molecular weight is 305 g/mol. The van der Waals surface area contributed by atoms with Crippen LogP contribution in [-0.2, 0) is 12.8 Å². The smallest absolute Gasteiger partial charge is 0.416 e. The standard InChI is InChI=1S/C17H14F3NO/c1-11-3-2-4-12-9-14(21-16(11)12)10-22-15-7-5-13(6-8-15)17(18,19)20/h2-9,21H,10H2,1H3. The van der Waals surface area contributed by atoms with Gasteiger partial charge in [0.2, 0.25) is 0 Å². The van der Waals surface area contributed by atoms with Crippen molar-refractivity contribution < 1.29 is 17.9 Å². The molecule has 1 heterocycles. The first-order chi connectivity index (χ1) is 10.4. The Morgan fingerprint density at radius 3 is 2.41 bits per heavy atom. The van der Waals surface area contributed by atoms with E-state index in [1.165, 1.54) is 12.1 Å². The number of para-hydroxylation sites is 1. The van der Waals surface area contributed by atoms with Crippen LogP contribution in [0, 0.1) is 6.92 Å². The van der Waals surface area contributed by atoms with E-state index in [0.29, 0.717) is 5.75 Å². The highest BCUT2D eigenvalue weighted by atomic mass is 19.4. The van der Waals surface area contributed by atoms with Crippen molar-refractivity contribution in [2.75, 3.05) is 0 Å². The Labute approximate surface area is 125 Å². The molecule has 2 aromatic carbocycles. The van der Waals surface area contributed by atoms with E-state index in [1.807, 2.05) is 31.2 Å². The molecule has 0 unspecified atom stereocenters. The summed E-state index contributed by atoms with van der Waals surface area (Å²) in [5.74, 6) is 0.406. The van der Waals surface area contributed by atoms with Crippen LogP contribution in [0.5, 0.6) is 5.75 Å². The summed E-state index contributed by atoms with van der Waals surface area (Å²) in [7, 11) is 0. The molecule has 0 spiro atoms. The summed E-state index contributed by atoms with van der Waals surface area (Å²) in [6.07, 6.45) is -4.33. The zero-order valence-corrected chi connectivity index (χ0v) is 11.9. The van der Waals surface area contributed by atoms with Gasteiger partial charge in [0.1, 0.15) is 12.4 Å². The molecular formula is C17H14F3NO. The maximum absolute atomic E-state index is 12.5. The van der Waals surface area contributed by atoms with Gasteiger partial charge in [0.15, 0.2) is 0 Å². The Morgan fingerprint density at radius 2 is 1.77 bits per heavy atom. The van der Waals surface area contributed by atoms with Gasteiger partial charge in [0, 0.05) is 10.9 Å². The van der Waals surface area contributed by atoms with Gasteiger partial charge >= 0.3 is 6.18 Å². The van der Waals surface area contributed by atoms with Gasteiger partial charge in [0.25, 0.3) is 0 Å². The van der Waals surface area contributed by atoms with Crippen LogP contribution in [0.2, 0.25) is 0 Å². The molecular weight excluding hydrogens is 291 g/mol. The number of H-pyrrole nitrogens is 1. The van der Waals surface area contributed by atoms with Gasteiger partial charge in [-0.15, -0.1) is 0 Å². The lowest BCUT2D eigenvalue weighted by Crippen LogP contribution is -2.04. The molecule has 0 atom stereocenters. The Hall–Kier alpha value is -2.43. The number of hydrogen-bond donors (Lipinski definition) is 1. The third-order valence-corrected chi connectivity index (χ3v) is 3.50. The number of benzene rings is 2. The van der Waals surface area contributed by atoms with Crippen LogP contribution >= 0.6 is 0 Å². The normalized spacial score (nSPS) is 11.8. The van der Waals surface area contributed by atoms with Crippen molar-refractivity contribution in [3.8, 4) is 5.75 Å². The van der Waals surface area contributed by atoms with Crippen molar-refractivity contribution in [3.05, 3.63) is 65.4 Å². The van der Waals surface area contributed by atoms with Crippen molar-refractivity contribution in [1.29, 1.82) is 0 Å². The Kier molecular flexibility index (Phi) is 3.56. The third-order valence-electron chi connectivity index (χ3n) is 3.50. The number of nitrogens with one attached hydrogen (secondary N) is 1. The van der Waals surface area contributed by atoms with E-state index in [9.17, 15) is 13.2 Å². The fraction of sp³-hybridized carbons (Fsp3) is 0.176. The van der Waals surface area contributed by atoms with Crippen LogP contribution < -0.4 is 4.74 Å². The van der Waals surface area contributed by atoms with Crippen molar-refractivity contribution in [3.63, 3.8) is 0 Å². The molecule has 1 N–H and O–H groups in total. The zero-order valence-electron chi connectivity index (χ0n) is 11.9. The summed E-state index contributed by atoms with van der Waals surface area (Å²) in [6, 6.07) is 12.7. The van der Waals surface area contributed by atoms with Gasteiger partial charge in [-0.25, -0.2) is 0 Å². The van der Waals surface area contributed by atoms with Crippen molar-refractivity contribution in [1.82, 2.24) is 4.98 Å². The maximum Gasteiger partial charge on any atom is 0.416 e. The predicted octanol–water partition coefficient (Wildman–Crippen LogP) is 5.07. The minimum absolute atomic E-state index is 0.277. The first-order valence-corrected chi connectivity index (χ1v) is 6.81. The molecule has 22 heavy (non-hydrogen) atoms. The molecule has 3 aromatic rings. The molecule has 0 amide bonds. The average Bonchev–Trinajstić information content (AvgIpc) is 2.89. The van der Waals surface area contributed by atoms with Crippen LogP contribution in [0.25, 0.3) is 10.9 Å². The van der Waals surface area contributed by atoms with Crippen LogP contribution in [0.3, 0.4) is 0 Å². The molecule has 0 aliphatic carbocycles. The number of rotatable bonds is 3. The number of fused-ring (bicyclic) bond motifs is 1. The molecule has 114 valence electrons. The van der Waals surface area contributed by atoms with Gasteiger partial charge in [0.05, 0.1) is 11.3 Å². The topological polar surface area (TPSA) is 25.0 Å². The Balaban J connectivity index is 1.72. The number of aryl methyl sites for hydroxylation is 1. The lowest BCUT2D eigenvalue weighted by Gasteiger charge is -2.08. The Bertz CT molecular complexity index is 788. The number of halogens is 3. The van der Waals surface area contributed by atoms with Crippen molar-refractivity contribution in [2.45, 2.75) is 19.7 Å². The number of alkyl halides is 3. The molecule has 2 nitrogen and oxygen atoms in total. The van der Waals surface area contributed by atoms with Gasteiger partial charge in [-0.3, -0.25) is 0 Å². The van der Waals surface area contributed by atoms with E-state index < -0.39 is 11.7 Å². The highest BCUT2D eigenvalue weighted by Gasteiger charge is 2.29. The van der Waals surface area contributed by atoms with Crippen molar-refractivity contribution in [2.24, 2.45) is 0 Å². The summed E-state index contributed by atoms with van der Waals surface area (Å²) < 4.78 is 43.0. The second kappa shape index (κ2) is 5.40. The molecule has 0 saturated heterocycles. The van der Waals surface area contributed by atoms with Crippen LogP contribution in [0.4, 0.5) is 13.2 Å². The van der Waals surface area contributed by atoms with E-state index >= 15 is 0 Å². The van der Waals surface area contributed by atoms with Gasteiger partial charge in [-0.05, 0) is 42.8 Å². The number of aromatic nitrogens is 1. The van der Waals surface area contributed by atoms with E-state index in [1.54, 1.807) is 0 Å². The first-order valence-electron chi connectivity index (χ1n) is 6.81. The molecule has 0 fully saturated rings. The molecule has 0 bridgehead atoms. The van der Waals surface area contributed by atoms with Gasteiger partial charge in [-0.1, -0.05) is 18.2 Å². The summed E-state index contributed by atoms with van der Waals surface area (Å²) in [5.41, 5.74) is 2.39. The molecule has 3 rings (SSSR count). The minimum atomic E-state index is -4.33. The molecule has 0 aliphatic rings. The van der Waals surface area contributed by atoms with E-state index in [2.05, 4.69) is 4.98 Å². The number of aromatic amines is 1. The fourth-order valence-electron chi connectivity index (χ4n) is 2.34. The summed E-state index contributed by atoms with van der Waals surface area (Å²) in [5, 5.41) is 1.09. The fourth-order valence-corrected chi connectivity index (χ4v) is 2.34. The highest BCUT2D eigenvalue weighted by molar-refractivity contribution is 5.83. The number of ether oxygens (including phenoxy) is 1. The van der Waals surface area contributed by atoms with Gasteiger partial charge in [-0.2, -0.15) is 13.2 Å². The maximum atomic E-state index is 12.5. The minimum Gasteiger partial charge on any atom is -0.487 e. The third kappa shape index (κ3) is 2.93.